The third-order valence-electron chi connectivity index (χ3n) is 4.94. The fourth-order valence-corrected chi connectivity index (χ4v) is 3.40. The van der Waals surface area contributed by atoms with Crippen molar-refractivity contribution in [2.75, 3.05) is 18.4 Å². The number of nitrogens with one attached hydrogen (secondary N) is 1. The normalized spacial score (nSPS) is 14.6. The molecule has 0 unspecified atom stereocenters. The fraction of sp³-hybridized carbons (Fsp3) is 0.333. The van der Waals surface area contributed by atoms with Gasteiger partial charge in [-0.15, -0.1) is 0 Å². The molecule has 0 saturated carbocycles. The van der Waals surface area contributed by atoms with Crippen LogP contribution in [-0.2, 0) is 13.1 Å². The Balaban J connectivity index is 1.36. The van der Waals surface area contributed by atoms with E-state index in [9.17, 15) is 4.79 Å². The number of benzene rings is 1. The monoisotopic (exact) mass is 364 g/mol. The molecule has 3 aromatic rings. The van der Waals surface area contributed by atoms with Gasteiger partial charge < -0.3 is 9.73 Å². The summed E-state index contributed by atoms with van der Waals surface area (Å²) in [5.41, 5.74) is 2.43. The molecule has 6 nitrogen and oxygen atoms in total. The zero-order valence-corrected chi connectivity index (χ0v) is 15.5. The van der Waals surface area contributed by atoms with E-state index in [-0.39, 0.29) is 5.91 Å². The largest absolute Gasteiger partial charge is 0.455 e. The first-order valence-corrected chi connectivity index (χ1v) is 9.38. The van der Waals surface area contributed by atoms with Crippen LogP contribution >= 0.6 is 0 Å². The Labute approximate surface area is 158 Å². The van der Waals surface area contributed by atoms with E-state index in [0.29, 0.717) is 18.1 Å². The zero-order valence-electron chi connectivity index (χ0n) is 15.5. The highest BCUT2D eigenvalue weighted by atomic mass is 16.4. The third kappa shape index (κ3) is 4.28. The molecule has 0 bridgehead atoms. The number of rotatable bonds is 6. The maximum atomic E-state index is 12.4. The molecule has 0 atom stereocenters. The molecule has 1 N–H and O–H groups in total. The summed E-state index contributed by atoms with van der Waals surface area (Å²) in [5.74, 6) is 1.39. The SMILES string of the molecule is Cc1ccccc1Cn1ccc(NC(=O)c2ccc(CN3CCCC3)o2)n1. The number of anilines is 1. The number of aryl methyl sites for hydroxylation is 1. The van der Waals surface area contributed by atoms with Crippen molar-refractivity contribution in [1.82, 2.24) is 14.7 Å². The molecule has 1 aliphatic rings. The van der Waals surface area contributed by atoms with Crippen LogP contribution in [0.25, 0.3) is 0 Å². The molecule has 0 spiro atoms. The minimum absolute atomic E-state index is 0.274. The summed E-state index contributed by atoms with van der Waals surface area (Å²) in [6.45, 7) is 5.71. The number of likely N-dealkylation sites (tertiary alicyclic amines) is 1. The van der Waals surface area contributed by atoms with E-state index < -0.39 is 0 Å². The molecule has 1 aliphatic heterocycles. The van der Waals surface area contributed by atoms with Gasteiger partial charge in [0.25, 0.3) is 5.91 Å². The van der Waals surface area contributed by atoms with Crippen molar-refractivity contribution in [2.24, 2.45) is 0 Å². The Bertz CT molecular complexity index is 922. The van der Waals surface area contributed by atoms with E-state index in [4.69, 9.17) is 4.42 Å². The first kappa shape index (κ1) is 17.5. The minimum atomic E-state index is -0.274. The second kappa shape index (κ2) is 7.80. The Morgan fingerprint density at radius 3 is 2.74 bits per heavy atom. The second-order valence-corrected chi connectivity index (χ2v) is 7.03. The summed E-state index contributed by atoms with van der Waals surface area (Å²) in [6.07, 6.45) is 4.33. The lowest BCUT2D eigenvalue weighted by molar-refractivity contribution is 0.0993. The van der Waals surface area contributed by atoms with E-state index in [0.717, 1.165) is 25.4 Å². The summed E-state index contributed by atoms with van der Waals surface area (Å²) in [4.78, 5) is 14.8. The van der Waals surface area contributed by atoms with Gasteiger partial charge in [-0.2, -0.15) is 5.10 Å². The predicted molar refractivity (Wildman–Crippen MR) is 104 cm³/mol. The molecule has 3 heterocycles. The van der Waals surface area contributed by atoms with Gasteiger partial charge in [-0.05, 0) is 56.1 Å². The van der Waals surface area contributed by atoms with Gasteiger partial charge in [-0.1, -0.05) is 24.3 Å². The Kier molecular flexibility index (Phi) is 5.07. The fourth-order valence-electron chi connectivity index (χ4n) is 3.40. The summed E-state index contributed by atoms with van der Waals surface area (Å²) >= 11 is 0. The number of nitrogens with zero attached hydrogens (tertiary/aromatic N) is 3. The Morgan fingerprint density at radius 2 is 1.93 bits per heavy atom. The van der Waals surface area contributed by atoms with E-state index >= 15 is 0 Å². The average molecular weight is 364 g/mol. The van der Waals surface area contributed by atoms with Crippen LogP contribution < -0.4 is 5.32 Å². The van der Waals surface area contributed by atoms with Crippen LogP contribution in [0.1, 0.15) is 40.3 Å². The minimum Gasteiger partial charge on any atom is -0.455 e. The first-order valence-electron chi connectivity index (χ1n) is 9.38. The van der Waals surface area contributed by atoms with E-state index in [2.05, 4.69) is 34.4 Å². The van der Waals surface area contributed by atoms with Gasteiger partial charge in [0, 0.05) is 12.3 Å². The molecule has 1 amide bonds. The van der Waals surface area contributed by atoms with Gasteiger partial charge in [0.05, 0.1) is 13.1 Å². The lowest BCUT2D eigenvalue weighted by atomic mass is 10.1. The molecule has 1 fully saturated rings. The van der Waals surface area contributed by atoms with Crippen LogP contribution in [0.15, 0.2) is 53.1 Å². The maximum Gasteiger partial charge on any atom is 0.292 e. The molecule has 1 saturated heterocycles. The van der Waals surface area contributed by atoms with Crippen LogP contribution in [-0.4, -0.2) is 33.7 Å². The van der Waals surface area contributed by atoms with Gasteiger partial charge in [0.2, 0.25) is 0 Å². The number of hydrogen-bond acceptors (Lipinski definition) is 4. The van der Waals surface area contributed by atoms with Gasteiger partial charge in [-0.3, -0.25) is 14.4 Å². The number of hydrogen-bond donors (Lipinski definition) is 1. The lowest BCUT2D eigenvalue weighted by Crippen LogP contribution is -2.18. The molecule has 0 aliphatic carbocycles. The molecule has 4 rings (SSSR count). The standard InChI is InChI=1S/C21H24N4O2/c1-16-6-2-3-7-17(16)14-25-13-10-20(23-25)22-21(26)19-9-8-18(27-19)15-24-11-4-5-12-24/h2-3,6-10,13H,4-5,11-12,14-15H2,1H3,(H,22,23,26). The van der Waals surface area contributed by atoms with Crippen molar-refractivity contribution in [1.29, 1.82) is 0 Å². The second-order valence-electron chi connectivity index (χ2n) is 7.03. The molecule has 2 aromatic heterocycles. The zero-order chi connectivity index (χ0) is 18.6. The number of carbonyl (C=O) groups is 1. The number of furan rings is 1. The molecule has 140 valence electrons. The summed E-state index contributed by atoms with van der Waals surface area (Å²) in [7, 11) is 0. The van der Waals surface area contributed by atoms with Crippen molar-refractivity contribution < 1.29 is 9.21 Å². The number of aromatic nitrogens is 2. The van der Waals surface area contributed by atoms with Crippen LogP contribution in [0, 0.1) is 6.92 Å². The molecule has 1 aromatic carbocycles. The third-order valence-corrected chi connectivity index (χ3v) is 4.94. The quantitative estimate of drug-likeness (QED) is 0.725. The van der Waals surface area contributed by atoms with Gasteiger partial charge in [0.15, 0.2) is 11.6 Å². The van der Waals surface area contributed by atoms with Crippen molar-refractivity contribution in [2.45, 2.75) is 32.9 Å². The van der Waals surface area contributed by atoms with E-state index in [1.165, 1.54) is 24.0 Å². The van der Waals surface area contributed by atoms with Crippen LogP contribution in [0.2, 0.25) is 0 Å². The highest BCUT2D eigenvalue weighted by molar-refractivity contribution is 6.01. The highest BCUT2D eigenvalue weighted by Crippen LogP contribution is 2.16. The molecular weight excluding hydrogens is 340 g/mol. The predicted octanol–water partition coefficient (Wildman–Crippen LogP) is 3.68. The molecule has 27 heavy (non-hydrogen) atoms. The van der Waals surface area contributed by atoms with E-state index in [1.54, 1.807) is 12.1 Å². The first-order chi connectivity index (χ1) is 13.2. The van der Waals surface area contributed by atoms with Crippen molar-refractivity contribution >= 4 is 11.7 Å². The van der Waals surface area contributed by atoms with Crippen LogP contribution in [0.3, 0.4) is 0 Å². The highest BCUT2D eigenvalue weighted by Gasteiger charge is 2.16. The summed E-state index contributed by atoms with van der Waals surface area (Å²) in [6, 6.07) is 13.6. The smallest absolute Gasteiger partial charge is 0.292 e. The molecule has 6 heteroatoms. The summed E-state index contributed by atoms with van der Waals surface area (Å²) in [5, 5.41) is 7.24. The Hall–Kier alpha value is -2.86. The Morgan fingerprint density at radius 1 is 1.11 bits per heavy atom. The van der Waals surface area contributed by atoms with Crippen LogP contribution in [0.5, 0.6) is 0 Å². The van der Waals surface area contributed by atoms with Crippen molar-refractivity contribution in [3.8, 4) is 0 Å². The number of carbonyl (C=O) groups excluding carboxylic acids is 1. The lowest BCUT2D eigenvalue weighted by Gasteiger charge is -2.11. The number of amides is 1. The molecular formula is C21H24N4O2. The van der Waals surface area contributed by atoms with Crippen LogP contribution in [0.4, 0.5) is 5.82 Å². The maximum absolute atomic E-state index is 12.4. The van der Waals surface area contributed by atoms with Gasteiger partial charge in [0.1, 0.15) is 5.76 Å². The topological polar surface area (TPSA) is 63.3 Å². The average Bonchev–Trinajstić information content (AvgIpc) is 3.40. The molecule has 0 radical (unpaired) electrons. The van der Waals surface area contributed by atoms with Gasteiger partial charge in [-0.25, -0.2) is 0 Å². The van der Waals surface area contributed by atoms with Gasteiger partial charge >= 0.3 is 0 Å². The van der Waals surface area contributed by atoms with Crippen molar-refractivity contribution in [3.63, 3.8) is 0 Å². The summed E-state index contributed by atoms with van der Waals surface area (Å²) < 4.78 is 7.53. The van der Waals surface area contributed by atoms with Crippen molar-refractivity contribution in [3.05, 3.63) is 71.3 Å². The van der Waals surface area contributed by atoms with E-state index in [1.807, 2.05) is 29.1 Å².